The highest BCUT2D eigenvalue weighted by molar-refractivity contribution is 5.55. The Bertz CT molecular complexity index is 345. The van der Waals surface area contributed by atoms with Crippen LogP contribution in [-0.2, 0) is 0 Å². The van der Waals surface area contributed by atoms with Crippen molar-refractivity contribution in [2.75, 3.05) is 13.2 Å². The van der Waals surface area contributed by atoms with Crippen molar-refractivity contribution in [1.82, 2.24) is 0 Å². The lowest BCUT2D eigenvalue weighted by molar-refractivity contribution is 0.168. The molecular formula is C11H14O3. The third-order valence-electron chi connectivity index (χ3n) is 2.30. The summed E-state index contributed by atoms with van der Waals surface area (Å²) in [5.41, 5.74) is 0.835. The summed E-state index contributed by atoms with van der Waals surface area (Å²) in [5, 5.41) is 9.70. The van der Waals surface area contributed by atoms with E-state index in [9.17, 15) is 5.11 Å². The van der Waals surface area contributed by atoms with Gasteiger partial charge >= 0.3 is 0 Å². The van der Waals surface area contributed by atoms with Gasteiger partial charge in [0.05, 0.1) is 0 Å². The zero-order chi connectivity index (χ0) is 10.1. The van der Waals surface area contributed by atoms with Crippen LogP contribution in [0.2, 0.25) is 0 Å². The Morgan fingerprint density at radius 2 is 1.93 bits per heavy atom. The monoisotopic (exact) mass is 194 g/mol. The second-order valence-corrected chi connectivity index (χ2v) is 3.68. The first-order chi connectivity index (χ1) is 6.70. The van der Waals surface area contributed by atoms with Crippen LogP contribution in [0.3, 0.4) is 0 Å². The summed E-state index contributed by atoms with van der Waals surface area (Å²) in [6, 6.07) is 3.40. The first-order valence-electron chi connectivity index (χ1n) is 4.81. The highest BCUT2D eigenvalue weighted by Crippen LogP contribution is 2.42. The highest BCUT2D eigenvalue weighted by atomic mass is 16.6. The van der Waals surface area contributed by atoms with Crippen LogP contribution in [0, 0.1) is 0 Å². The molecule has 0 saturated heterocycles. The first kappa shape index (κ1) is 9.19. The zero-order valence-electron chi connectivity index (χ0n) is 8.41. The van der Waals surface area contributed by atoms with Gasteiger partial charge in [0.25, 0.3) is 0 Å². The van der Waals surface area contributed by atoms with Gasteiger partial charge in [-0.05, 0) is 18.1 Å². The normalized spacial score (nSPS) is 14.5. The maximum atomic E-state index is 9.70. The van der Waals surface area contributed by atoms with Gasteiger partial charge in [-0.15, -0.1) is 0 Å². The van der Waals surface area contributed by atoms with Gasteiger partial charge in [0.15, 0.2) is 11.5 Å². The van der Waals surface area contributed by atoms with Crippen molar-refractivity contribution in [2.45, 2.75) is 19.8 Å². The number of hydrogen-bond donors (Lipinski definition) is 1. The molecule has 0 fully saturated rings. The van der Waals surface area contributed by atoms with E-state index < -0.39 is 0 Å². The number of fused-ring (bicyclic) bond motifs is 1. The summed E-state index contributed by atoms with van der Waals surface area (Å²) in [7, 11) is 0. The van der Waals surface area contributed by atoms with Crippen molar-refractivity contribution in [3.63, 3.8) is 0 Å². The maximum absolute atomic E-state index is 9.70. The molecule has 1 heterocycles. The fourth-order valence-corrected chi connectivity index (χ4v) is 1.68. The molecule has 1 aromatic carbocycles. The fourth-order valence-electron chi connectivity index (χ4n) is 1.68. The molecule has 0 saturated carbocycles. The molecule has 1 N–H and O–H groups in total. The lowest BCUT2D eigenvalue weighted by Gasteiger charge is -2.23. The fraction of sp³-hybridized carbons (Fsp3) is 0.455. The smallest absolute Gasteiger partial charge is 0.168 e. The second kappa shape index (κ2) is 3.40. The van der Waals surface area contributed by atoms with E-state index in [1.807, 2.05) is 13.8 Å². The predicted molar refractivity (Wildman–Crippen MR) is 53.2 cm³/mol. The Hall–Kier alpha value is -1.38. The van der Waals surface area contributed by atoms with E-state index in [1.54, 1.807) is 12.1 Å². The molecule has 0 aromatic heterocycles. The molecule has 2 rings (SSSR count). The van der Waals surface area contributed by atoms with Crippen molar-refractivity contribution in [2.24, 2.45) is 0 Å². The van der Waals surface area contributed by atoms with E-state index >= 15 is 0 Å². The Balaban J connectivity index is 2.55. The number of hydrogen-bond acceptors (Lipinski definition) is 3. The molecular weight excluding hydrogens is 180 g/mol. The Labute approximate surface area is 83.3 Å². The molecule has 1 aliphatic rings. The average Bonchev–Trinajstić information content (AvgIpc) is 2.17. The molecule has 0 bridgehead atoms. The van der Waals surface area contributed by atoms with Gasteiger partial charge in [-0.1, -0.05) is 13.8 Å². The summed E-state index contributed by atoms with van der Waals surface area (Å²) in [6.07, 6.45) is 0. The SMILES string of the molecule is CC(C)c1c(O)ccc2c1OCCO2. The number of ether oxygens (including phenoxy) is 2. The van der Waals surface area contributed by atoms with Crippen LogP contribution in [0.1, 0.15) is 25.3 Å². The summed E-state index contributed by atoms with van der Waals surface area (Å²) in [4.78, 5) is 0. The van der Waals surface area contributed by atoms with Crippen LogP contribution >= 0.6 is 0 Å². The van der Waals surface area contributed by atoms with E-state index in [0.717, 1.165) is 11.3 Å². The van der Waals surface area contributed by atoms with Crippen molar-refractivity contribution in [3.8, 4) is 17.2 Å². The molecule has 0 spiro atoms. The van der Waals surface area contributed by atoms with Crippen LogP contribution in [0.25, 0.3) is 0 Å². The molecule has 3 nitrogen and oxygen atoms in total. The summed E-state index contributed by atoms with van der Waals surface area (Å²) >= 11 is 0. The lowest BCUT2D eigenvalue weighted by atomic mass is 10.00. The van der Waals surface area contributed by atoms with Gasteiger partial charge in [0.1, 0.15) is 19.0 Å². The molecule has 0 atom stereocenters. The molecule has 1 aliphatic heterocycles. The molecule has 0 aliphatic carbocycles. The van der Waals surface area contributed by atoms with Crippen LogP contribution in [0.15, 0.2) is 12.1 Å². The van der Waals surface area contributed by atoms with Gasteiger partial charge in [-0.25, -0.2) is 0 Å². The van der Waals surface area contributed by atoms with E-state index in [4.69, 9.17) is 9.47 Å². The van der Waals surface area contributed by atoms with Crippen molar-refractivity contribution < 1.29 is 14.6 Å². The second-order valence-electron chi connectivity index (χ2n) is 3.68. The molecule has 3 heteroatoms. The summed E-state index contributed by atoms with van der Waals surface area (Å²) in [6.45, 7) is 5.17. The molecule has 1 aromatic rings. The van der Waals surface area contributed by atoms with Gasteiger partial charge < -0.3 is 14.6 Å². The Morgan fingerprint density at radius 3 is 2.64 bits per heavy atom. The van der Waals surface area contributed by atoms with Crippen LogP contribution < -0.4 is 9.47 Å². The molecule has 0 amide bonds. The number of benzene rings is 1. The molecule has 14 heavy (non-hydrogen) atoms. The molecule has 0 unspecified atom stereocenters. The van der Waals surface area contributed by atoms with E-state index in [0.29, 0.717) is 19.0 Å². The summed E-state index contributed by atoms with van der Waals surface area (Å²) < 4.78 is 10.9. The minimum atomic E-state index is 0.228. The Kier molecular flexibility index (Phi) is 2.23. The minimum absolute atomic E-state index is 0.228. The van der Waals surface area contributed by atoms with Gasteiger partial charge in [0.2, 0.25) is 0 Å². The highest BCUT2D eigenvalue weighted by Gasteiger charge is 2.20. The first-order valence-corrected chi connectivity index (χ1v) is 4.81. The quantitative estimate of drug-likeness (QED) is 0.745. The van der Waals surface area contributed by atoms with Gasteiger partial charge in [-0.3, -0.25) is 0 Å². The number of phenols is 1. The minimum Gasteiger partial charge on any atom is -0.508 e. The number of rotatable bonds is 1. The lowest BCUT2D eigenvalue weighted by Crippen LogP contribution is -2.16. The predicted octanol–water partition coefficient (Wildman–Crippen LogP) is 2.29. The van der Waals surface area contributed by atoms with E-state index in [1.165, 1.54) is 0 Å². The van der Waals surface area contributed by atoms with E-state index in [-0.39, 0.29) is 11.7 Å². The average molecular weight is 194 g/mol. The molecule has 76 valence electrons. The standard InChI is InChI=1S/C11H14O3/c1-7(2)10-8(12)3-4-9-11(10)14-6-5-13-9/h3-4,7,12H,5-6H2,1-2H3. The number of phenolic OH excluding ortho intramolecular Hbond substituents is 1. The largest absolute Gasteiger partial charge is 0.508 e. The van der Waals surface area contributed by atoms with E-state index in [2.05, 4.69) is 0 Å². The van der Waals surface area contributed by atoms with Crippen LogP contribution in [-0.4, -0.2) is 18.3 Å². The van der Waals surface area contributed by atoms with Crippen LogP contribution in [0.5, 0.6) is 17.2 Å². The van der Waals surface area contributed by atoms with Crippen molar-refractivity contribution >= 4 is 0 Å². The van der Waals surface area contributed by atoms with Crippen LogP contribution in [0.4, 0.5) is 0 Å². The third-order valence-corrected chi connectivity index (χ3v) is 2.30. The summed E-state index contributed by atoms with van der Waals surface area (Å²) in [5.74, 6) is 1.94. The Morgan fingerprint density at radius 1 is 1.21 bits per heavy atom. The maximum Gasteiger partial charge on any atom is 0.168 e. The van der Waals surface area contributed by atoms with Gasteiger partial charge in [0, 0.05) is 5.56 Å². The zero-order valence-corrected chi connectivity index (χ0v) is 8.41. The topological polar surface area (TPSA) is 38.7 Å². The van der Waals surface area contributed by atoms with Crippen molar-refractivity contribution in [1.29, 1.82) is 0 Å². The third kappa shape index (κ3) is 1.39. The number of aromatic hydroxyl groups is 1. The van der Waals surface area contributed by atoms with Gasteiger partial charge in [-0.2, -0.15) is 0 Å². The van der Waals surface area contributed by atoms with Crippen molar-refractivity contribution in [3.05, 3.63) is 17.7 Å². The molecule has 0 radical (unpaired) electrons.